The number of aryl methyl sites for hydroxylation is 2. The minimum atomic E-state index is -0.405. The Bertz CT molecular complexity index is 708. The molecule has 0 aromatic carbocycles. The molecule has 2 aromatic heterocycles. The van der Waals surface area contributed by atoms with Gasteiger partial charge in [0.2, 0.25) is 5.95 Å². The van der Waals surface area contributed by atoms with Crippen molar-refractivity contribution < 1.29 is 0 Å². The van der Waals surface area contributed by atoms with Gasteiger partial charge in [-0.2, -0.15) is 4.98 Å². The molecule has 0 aliphatic carbocycles. The number of nitrogens with zero attached hydrogens (tertiary/aromatic N) is 4. The molecule has 18 heavy (non-hydrogen) atoms. The van der Waals surface area contributed by atoms with Gasteiger partial charge in [0.15, 0.2) is 11.2 Å². The van der Waals surface area contributed by atoms with Gasteiger partial charge in [-0.25, -0.2) is 10.6 Å². The first-order valence-electron chi connectivity index (χ1n) is 5.65. The maximum absolute atomic E-state index is 12.1. The number of aromatic nitrogens is 4. The minimum Gasteiger partial charge on any atom is -0.303 e. The third kappa shape index (κ3) is 1.53. The number of nitrogen functional groups attached to an aromatic ring is 1. The van der Waals surface area contributed by atoms with Crippen LogP contribution in [0, 0.1) is 0 Å². The maximum atomic E-state index is 12.1. The molecule has 0 aliphatic rings. The van der Waals surface area contributed by atoms with Crippen molar-refractivity contribution in [3.8, 4) is 0 Å². The van der Waals surface area contributed by atoms with E-state index in [1.165, 1.54) is 11.6 Å². The van der Waals surface area contributed by atoms with E-state index in [9.17, 15) is 9.59 Å². The Morgan fingerprint density at radius 3 is 2.50 bits per heavy atom. The number of rotatable bonds is 3. The molecule has 0 amide bonds. The number of anilines is 1. The van der Waals surface area contributed by atoms with Gasteiger partial charge >= 0.3 is 5.69 Å². The zero-order chi connectivity index (χ0) is 13.4. The Kier molecular flexibility index (Phi) is 2.95. The second-order valence-corrected chi connectivity index (χ2v) is 4.11. The van der Waals surface area contributed by atoms with E-state index in [-0.39, 0.29) is 5.56 Å². The quantitative estimate of drug-likeness (QED) is 0.546. The van der Waals surface area contributed by atoms with Crippen molar-refractivity contribution in [3.63, 3.8) is 0 Å². The summed E-state index contributed by atoms with van der Waals surface area (Å²) in [5, 5.41) is 0. The van der Waals surface area contributed by atoms with Gasteiger partial charge in [0.1, 0.15) is 0 Å². The maximum Gasteiger partial charge on any atom is 0.332 e. The second-order valence-electron chi connectivity index (χ2n) is 4.11. The zero-order valence-electron chi connectivity index (χ0n) is 10.6. The van der Waals surface area contributed by atoms with Crippen molar-refractivity contribution in [2.75, 3.05) is 5.43 Å². The molecule has 0 fully saturated rings. The number of nitrogens with one attached hydrogen (secondary N) is 1. The number of hydrogen-bond acceptors (Lipinski definition) is 5. The molecule has 2 aromatic rings. The first-order valence-corrected chi connectivity index (χ1v) is 5.65. The van der Waals surface area contributed by atoms with Crippen LogP contribution in [-0.2, 0) is 20.6 Å². The van der Waals surface area contributed by atoms with E-state index in [0.29, 0.717) is 23.7 Å². The van der Waals surface area contributed by atoms with Crippen molar-refractivity contribution in [3.05, 3.63) is 20.8 Å². The molecule has 0 spiro atoms. The lowest BCUT2D eigenvalue weighted by Gasteiger charge is -2.07. The van der Waals surface area contributed by atoms with Gasteiger partial charge in [-0.1, -0.05) is 6.92 Å². The van der Waals surface area contributed by atoms with Crippen molar-refractivity contribution in [2.24, 2.45) is 19.9 Å². The molecule has 0 saturated carbocycles. The monoisotopic (exact) mass is 252 g/mol. The molecule has 8 nitrogen and oxygen atoms in total. The molecule has 0 aliphatic heterocycles. The summed E-state index contributed by atoms with van der Waals surface area (Å²) in [7, 11) is 3.02. The molecule has 98 valence electrons. The SMILES string of the molecule is CCCn1c(NN)nc2c1c(=O)n(C)c(=O)n2C. The van der Waals surface area contributed by atoms with Crippen LogP contribution < -0.4 is 22.5 Å². The van der Waals surface area contributed by atoms with Crippen LogP contribution in [0.3, 0.4) is 0 Å². The summed E-state index contributed by atoms with van der Waals surface area (Å²) in [5.74, 6) is 5.77. The predicted octanol–water partition coefficient (Wildman–Crippen LogP) is -0.871. The fraction of sp³-hybridized carbons (Fsp3) is 0.500. The highest BCUT2D eigenvalue weighted by Gasteiger charge is 2.17. The number of imidazole rings is 1. The summed E-state index contributed by atoms with van der Waals surface area (Å²) in [5.41, 5.74) is 2.40. The average molecular weight is 252 g/mol. The molecular formula is C10H16N6O2. The van der Waals surface area contributed by atoms with E-state index < -0.39 is 5.69 Å². The van der Waals surface area contributed by atoms with Gasteiger partial charge < -0.3 is 4.57 Å². The van der Waals surface area contributed by atoms with Crippen molar-refractivity contribution in [1.29, 1.82) is 0 Å². The fourth-order valence-electron chi connectivity index (χ4n) is 2.00. The zero-order valence-corrected chi connectivity index (χ0v) is 10.6. The highest BCUT2D eigenvalue weighted by molar-refractivity contribution is 5.74. The van der Waals surface area contributed by atoms with E-state index >= 15 is 0 Å². The van der Waals surface area contributed by atoms with Crippen LogP contribution in [0.1, 0.15) is 13.3 Å². The van der Waals surface area contributed by atoms with Crippen LogP contribution in [0.4, 0.5) is 5.95 Å². The molecular weight excluding hydrogens is 236 g/mol. The molecule has 3 N–H and O–H groups in total. The van der Waals surface area contributed by atoms with Gasteiger partial charge in [-0.3, -0.25) is 19.4 Å². The molecule has 2 heterocycles. The van der Waals surface area contributed by atoms with Gasteiger partial charge in [0.25, 0.3) is 5.56 Å². The van der Waals surface area contributed by atoms with Gasteiger partial charge in [-0.05, 0) is 6.42 Å². The van der Waals surface area contributed by atoms with Crippen molar-refractivity contribution in [2.45, 2.75) is 19.9 Å². The number of nitrogens with two attached hydrogens (primary N) is 1. The van der Waals surface area contributed by atoms with E-state index in [1.807, 2.05) is 6.92 Å². The summed E-state index contributed by atoms with van der Waals surface area (Å²) in [6.07, 6.45) is 0.826. The van der Waals surface area contributed by atoms with E-state index in [2.05, 4.69) is 10.4 Å². The van der Waals surface area contributed by atoms with Gasteiger partial charge in [-0.15, -0.1) is 0 Å². The number of fused-ring (bicyclic) bond motifs is 1. The van der Waals surface area contributed by atoms with Crippen LogP contribution in [0.5, 0.6) is 0 Å². The van der Waals surface area contributed by atoms with Crippen molar-refractivity contribution in [1.82, 2.24) is 18.7 Å². The third-order valence-corrected chi connectivity index (χ3v) is 2.92. The lowest BCUT2D eigenvalue weighted by Crippen LogP contribution is -2.37. The largest absolute Gasteiger partial charge is 0.332 e. The first-order chi connectivity index (χ1) is 8.52. The van der Waals surface area contributed by atoms with E-state index in [1.54, 1.807) is 11.6 Å². The lowest BCUT2D eigenvalue weighted by atomic mass is 10.4. The predicted molar refractivity (Wildman–Crippen MR) is 68.3 cm³/mol. The first kappa shape index (κ1) is 12.4. The Hall–Kier alpha value is -2.09. The summed E-state index contributed by atoms with van der Waals surface area (Å²) < 4.78 is 4.09. The summed E-state index contributed by atoms with van der Waals surface area (Å²) in [6, 6.07) is 0. The molecule has 0 unspecified atom stereocenters. The molecule has 8 heteroatoms. The highest BCUT2D eigenvalue weighted by Crippen LogP contribution is 2.14. The minimum absolute atomic E-state index is 0.338. The highest BCUT2D eigenvalue weighted by atomic mass is 16.2. The molecule has 0 bridgehead atoms. The van der Waals surface area contributed by atoms with Crippen molar-refractivity contribution >= 4 is 17.1 Å². The van der Waals surface area contributed by atoms with E-state index in [0.717, 1.165) is 11.0 Å². The average Bonchev–Trinajstić information content (AvgIpc) is 2.73. The summed E-state index contributed by atoms with van der Waals surface area (Å²) in [4.78, 5) is 28.1. The lowest BCUT2D eigenvalue weighted by molar-refractivity contribution is 0.678. The number of hydrazine groups is 1. The number of hydrogen-bond donors (Lipinski definition) is 2. The molecule has 2 rings (SSSR count). The smallest absolute Gasteiger partial charge is 0.303 e. The van der Waals surface area contributed by atoms with Gasteiger partial charge in [0.05, 0.1) is 0 Å². The van der Waals surface area contributed by atoms with Crippen LogP contribution in [0.15, 0.2) is 9.59 Å². The Morgan fingerprint density at radius 1 is 1.28 bits per heavy atom. The second kappa shape index (κ2) is 4.30. The molecule has 0 radical (unpaired) electrons. The Balaban J connectivity index is 3.00. The molecule has 0 saturated heterocycles. The van der Waals surface area contributed by atoms with Crippen LogP contribution in [0.2, 0.25) is 0 Å². The van der Waals surface area contributed by atoms with Crippen LogP contribution >= 0.6 is 0 Å². The third-order valence-electron chi connectivity index (χ3n) is 2.92. The topological polar surface area (TPSA) is 99.9 Å². The normalized spacial score (nSPS) is 11.1. The standard InChI is InChI=1S/C10H16N6O2/c1-4-5-16-6-7(12-9(16)13-11)14(2)10(18)15(3)8(6)17/h4-5,11H2,1-3H3,(H,12,13). The fourth-order valence-corrected chi connectivity index (χ4v) is 2.00. The molecule has 0 atom stereocenters. The Morgan fingerprint density at radius 2 is 1.94 bits per heavy atom. The Labute approximate surface area is 103 Å². The van der Waals surface area contributed by atoms with Gasteiger partial charge in [0, 0.05) is 20.6 Å². The summed E-state index contributed by atoms with van der Waals surface area (Å²) >= 11 is 0. The van der Waals surface area contributed by atoms with Crippen LogP contribution in [-0.4, -0.2) is 18.7 Å². The van der Waals surface area contributed by atoms with E-state index in [4.69, 9.17) is 5.84 Å². The summed E-state index contributed by atoms with van der Waals surface area (Å²) in [6.45, 7) is 2.59. The van der Waals surface area contributed by atoms with Crippen LogP contribution in [0.25, 0.3) is 11.2 Å².